The molecule has 0 saturated carbocycles. The topological polar surface area (TPSA) is 71.1 Å². The quantitative estimate of drug-likeness (QED) is 0.291. The van der Waals surface area contributed by atoms with Crippen LogP contribution in [0.3, 0.4) is 0 Å². The van der Waals surface area contributed by atoms with Crippen molar-refractivity contribution in [1.29, 1.82) is 0 Å². The van der Waals surface area contributed by atoms with Gasteiger partial charge in [0, 0.05) is 0 Å². The highest BCUT2D eigenvalue weighted by Gasteiger charge is 2.18. The van der Waals surface area contributed by atoms with E-state index in [1.54, 1.807) is 0 Å². The molecule has 0 spiro atoms. The van der Waals surface area contributed by atoms with Gasteiger partial charge in [-0.15, -0.1) is 0 Å². The summed E-state index contributed by atoms with van der Waals surface area (Å²) in [6, 6.07) is 0. The molecule has 0 aliphatic rings. The lowest BCUT2D eigenvalue weighted by Crippen LogP contribution is -2.19. The molecular weight excluding hydrogens is 144 g/mol. The van der Waals surface area contributed by atoms with Crippen LogP contribution < -0.4 is 0 Å². The van der Waals surface area contributed by atoms with Gasteiger partial charge in [-0.25, -0.2) is 9.59 Å². The lowest BCUT2D eigenvalue weighted by Gasteiger charge is -1.96. The molecule has 10 heavy (non-hydrogen) atoms. The van der Waals surface area contributed by atoms with E-state index in [0.29, 0.717) is 0 Å². The molecule has 0 aromatic carbocycles. The first-order chi connectivity index (χ1) is 4.72. The fourth-order valence-electron chi connectivity index (χ4n) is 0.219. The first-order valence-electron chi connectivity index (χ1n) is 2.22. The third kappa shape index (κ3) is 3.00. The highest BCUT2D eigenvalue weighted by molar-refractivity contribution is 6.29. The number of hydrogen-bond donors (Lipinski definition) is 0. The maximum atomic E-state index is 10.2. The Kier molecular flexibility index (Phi) is 4.17. The third-order valence-corrected chi connectivity index (χ3v) is 0.485. The molecule has 0 aliphatic heterocycles. The van der Waals surface area contributed by atoms with Crippen molar-refractivity contribution in [2.75, 3.05) is 14.2 Å². The van der Waals surface area contributed by atoms with Gasteiger partial charge in [-0.05, 0) is 0 Å². The van der Waals surface area contributed by atoms with E-state index in [1.807, 2.05) is 0 Å². The molecule has 0 unspecified atom stereocenters. The standard InChI is InChI=1S/C4H6O6/c1-7-9-3(5)4(6)10-8-2/h1-2H3. The van der Waals surface area contributed by atoms with Gasteiger partial charge < -0.3 is 0 Å². The monoisotopic (exact) mass is 150 g/mol. The Balaban J connectivity index is 3.60. The first-order valence-corrected chi connectivity index (χ1v) is 2.22. The van der Waals surface area contributed by atoms with Crippen LogP contribution in [-0.2, 0) is 29.1 Å². The summed E-state index contributed by atoms with van der Waals surface area (Å²) in [6.45, 7) is 0. The molecule has 0 radical (unpaired) electrons. The summed E-state index contributed by atoms with van der Waals surface area (Å²) in [7, 11) is 2.16. The van der Waals surface area contributed by atoms with Crippen molar-refractivity contribution in [3.8, 4) is 0 Å². The van der Waals surface area contributed by atoms with Crippen LogP contribution in [0.5, 0.6) is 0 Å². The van der Waals surface area contributed by atoms with E-state index < -0.39 is 11.9 Å². The molecule has 6 heteroatoms. The van der Waals surface area contributed by atoms with Gasteiger partial charge in [0.2, 0.25) is 0 Å². The van der Waals surface area contributed by atoms with E-state index in [1.165, 1.54) is 0 Å². The molecular formula is C4H6O6. The maximum Gasteiger partial charge on any atom is 0.453 e. The number of carbonyl (C=O) groups excluding carboxylic acids is 2. The first kappa shape index (κ1) is 8.86. The fraction of sp³-hybridized carbons (Fsp3) is 0.500. The van der Waals surface area contributed by atoms with E-state index >= 15 is 0 Å². The summed E-state index contributed by atoms with van der Waals surface area (Å²) >= 11 is 0. The lowest BCUT2D eigenvalue weighted by molar-refractivity contribution is -0.280. The van der Waals surface area contributed by atoms with Crippen LogP contribution in [0.2, 0.25) is 0 Å². The minimum atomic E-state index is -1.27. The van der Waals surface area contributed by atoms with Crippen LogP contribution in [0.25, 0.3) is 0 Å². The summed E-state index contributed by atoms with van der Waals surface area (Å²) < 4.78 is 0. The summed E-state index contributed by atoms with van der Waals surface area (Å²) in [5, 5.41) is 0. The molecule has 0 heterocycles. The van der Waals surface area contributed by atoms with E-state index in [2.05, 4.69) is 19.6 Å². The van der Waals surface area contributed by atoms with Crippen LogP contribution in [0.4, 0.5) is 0 Å². The summed E-state index contributed by atoms with van der Waals surface area (Å²) in [5.74, 6) is -2.55. The second kappa shape index (κ2) is 4.71. The average Bonchev–Trinajstić information content (AvgIpc) is 1.89. The molecule has 6 nitrogen and oxygen atoms in total. The third-order valence-electron chi connectivity index (χ3n) is 0.485. The second-order valence-electron chi connectivity index (χ2n) is 1.07. The van der Waals surface area contributed by atoms with Gasteiger partial charge in [0.05, 0.1) is 14.2 Å². The molecule has 0 saturated heterocycles. The normalized spacial score (nSPS) is 8.60. The maximum absolute atomic E-state index is 10.2. The molecule has 0 rings (SSSR count). The zero-order valence-corrected chi connectivity index (χ0v) is 5.45. The molecule has 0 N–H and O–H groups in total. The van der Waals surface area contributed by atoms with Crippen molar-refractivity contribution in [3.05, 3.63) is 0 Å². The van der Waals surface area contributed by atoms with E-state index in [-0.39, 0.29) is 0 Å². The van der Waals surface area contributed by atoms with Crippen molar-refractivity contribution < 1.29 is 29.1 Å². The van der Waals surface area contributed by atoms with Crippen molar-refractivity contribution in [1.82, 2.24) is 0 Å². The van der Waals surface area contributed by atoms with Crippen molar-refractivity contribution >= 4 is 11.9 Å². The SMILES string of the molecule is COOC(=O)C(=O)OOC. The molecule has 0 aliphatic carbocycles. The van der Waals surface area contributed by atoms with Gasteiger partial charge >= 0.3 is 11.9 Å². The van der Waals surface area contributed by atoms with Crippen molar-refractivity contribution in [2.24, 2.45) is 0 Å². The largest absolute Gasteiger partial charge is 0.453 e. The Morgan fingerprint density at radius 3 is 1.40 bits per heavy atom. The molecule has 58 valence electrons. The second-order valence-corrected chi connectivity index (χ2v) is 1.07. The highest BCUT2D eigenvalue weighted by atomic mass is 17.2. The summed E-state index contributed by atoms with van der Waals surface area (Å²) in [4.78, 5) is 35.7. The van der Waals surface area contributed by atoms with Crippen LogP contribution in [0, 0.1) is 0 Å². The molecule has 0 fully saturated rings. The minimum absolute atomic E-state index is 1.08. The van der Waals surface area contributed by atoms with Crippen LogP contribution in [0.1, 0.15) is 0 Å². The zero-order chi connectivity index (χ0) is 7.98. The van der Waals surface area contributed by atoms with Crippen molar-refractivity contribution in [2.45, 2.75) is 0 Å². The lowest BCUT2D eigenvalue weighted by atomic mass is 10.7. The minimum Gasteiger partial charge on any atom is -0.286 e. The molecule has 0 aromatic rings. The van der Waals surface area contributed by atoms with Crippen molar-refractivity contribution in [3.63, 3.8) is 0 Å². The molecule has 0 atom stereocenters. The Morgan fingerprint density at radius 1 is 0.900 bits per heavy atom. The van der Waals surface area contributed by atoms with Gasteiger partial charge in [-0.3, -0.25) is 9.78 Å². The predicted octanol–water partition coefficient (Wildman–Crippen LogP) is -0.804. The van der Waals surface area contributed by atoms with E-state index in [4.69, 9.17) is 0 Å². The van der Waals surface area contributed by atoms with Gasteiger partial charge in [-0.2, -0.15) is 9.78 Å². The van der Waals surface area contributed by atoms with Crippen LogP contribution in [0.15, 0.2) is 0 Å². The highest BCUT2D eigenvalue weighted by Crippen LogP contribution is 1.83. The average molecular weight is 150 g/mol. The van der Waals surface area contributed by atoms with Crippen LogP contribution >= 0.6 is 0 Å². The Hall–Kier alpha value is -1.14. The van der Waals surface area contributed by atoms with Crippen LogP contribution in [-0.4, -0.2) is 26.2 Å². The van der Waals surface area contributed by atoms with E-state index in [9.17, 15) is 9.59 Å². The van der Waals surface area contributed by atoms with Gasteiger partial charge in [0.15, 0.2) is 0 Å². The molecule has 0 amide bonds. The Morgan fingerprint density at radius 2 is 1.20 bits per heavy atom. The number of hydrogen-bond acceptors (Lipinski definition) is 6. The number of rotatable bonds is 2. The Bertz CT molecular complexity index is 114. The smallest absolute Gasteiger partial charge is 0.286 e. The Labute approximate surface area is 56.5 Å². The van der Waals surface area contributed by atoms with Gasteiger partial charge in [0.25, 0.3) is 0 Å². The zero-order valence-electron chi connectivity index (χ0n) is 5.45. The van der Waals surface area contributed by atoms with Gasteiger partial charge in [0.1, 0.15) is 0 Å². The van der Waals surface area contributed by atoms with Gasteiger partial charge in [-0.1, -0.05) is 0 Å². The molecule has 0 bridgehead atoms. The predicted molar refractivity (Wildman–Crippen MR) is 26.2 cm³/mol. The fourth-order valence-corrected chi connectivity index (χ4v) is 0.219. The molecule has 0 aromatic heterocycles. The number of carbonyl (C=O) groups is 2. The van der Waals surface area contributed by atoms with E-state index in [0.717, 1.165) is 14.2 Å². The summed E-state index contributed by atoms with van der Waals surface area (Å²) in [5.41, 5.74) is 0. The summed E-state index contributed by atoms with van der Waals surface area (Å²) in [6.07, 6.45) is 0.